The summed E-state index contributed by atoms with van der Waals surface area (Å²) in [6.45, 7) is 3.33. The number of hydrogen-bond acceptors (Lipinski definition) is 5. The average molecular weight is 321 g/mol. The third-order valence-corrected chi connectivity index (χ3v) is 3.92. The molecule has 0 aliphatic carbocycles. The molecule has 1 aliphatic heterocycles. The van der Waals surface area contributed by atoms with Gasteiger partial charge in [0.1, 0.15) is 11.5 Å². The monoisotopic (exact) mass is 321 g/mol. The molecule has 6 nitrogen and oxygen atoms in total. The van der Waals surface area contributed by atoms with Crippen LogP contribution in [0.5, 0.6) is 11.5 Å². The Morgan fingerprint density at radius 1 is 1.17 bits per heavy atom. The molecule has 1 amide bonds. The molecule has 23 heavy (non-hydrogen) atoms. The van der Waals surface area contributed by atoms with Gasteiger partial charge in [-0.15, -0.1) is 0 Å². The van der Waals surface area contributed by atoms with Crippen molar-refractivity contribution >= 4 is 11.9 Å². The van der Waals surface area contributed by atoms with Gasteiger partial charge < -0.3 is 19.1 Å². The normalized spacial score (nSPS) is 17.5. The van der Waals surface area contributed by atoms with Crippen LogP contribution in [0.3, 0.4) is 0 Å². The van der Waals surface area contributed by atoms with Gasteiger partial charge in [0.2, 0.25) is 0 Å². The van der Waals surface area contributed by atoms with Gasteiger partial charge in [0.05, 0.1) is 19.8 Å². The number of likely N-dealkylation sites (tertiary alicyclic amines) is 1. The highest BCUT2D eigenvalue weighted by molar-refractivity contribution is 5.92. The van der Waals surface area contributed by atoms with Crippen LogP contribution in [0, 0.1) is 5.92 Å². The smallest absolute Gasteiger partial charge is 0.338 e. The Hall–Kier alpha value is -2.24. The van der Waals surface area contributed by atoms with Crippen LogP contribution >= 0.6 is 0 Å². The second kappa shape index (κ2) is 7.85. The molecule has 1 heterocycles. The SMILES string of the molecule is COc1cc(OC)cc(C(=O)OCC(=O)N2CCCC(C)C2)c1. The highest BCUT2D eigenvalue weighted by Gasteiger charge is 2.22. The number of nitrogens with zero attached hydrogens (tertiary/aromatic N) is 1. The maximum atomic E-state index is 12.1. The van der Waals surface area contributed by atoms with Crippen molar-refractivity contribution in [1.82, 2.24) is 4.90 Å². The number of amides is 1. The van der Waals surface area contributed by atoms with Crippen molar-refractivity contribution in [3.05, 3.63) is 23.8 Å². The molecular formula is C17H23NO5. The molecule has 1 aromatic carbocycles. The van der Waals surface area contributed by atoms with Gasteiger partial charge in [-0.1, -0.05) is 6.92 Å². The summed E-state index contributed by atoms with van der Waals surface area (Å²) >= 11 is 0. The predicted molar refractivity (Wildman–Crippen MR) is 84.8 cm³/mol. The maximum Gasteiger partial charge on any atom is 0.338 e. The molecule has 0 radical (unpaired) electrons. The van der Waals surface area contributed by atoms with E-state index in [1.54, 1.807) is 23.1 Å². The lowest BCUT2D eigenvalue weighted by molar-refractivity contribution is -0.136. The summed E-state index contributed by atoms with van der Waals surface area (Å²) in [6, 6.07) is 4.77. The molecule has 0 N–H and O–H groups in total. The van der Waals surface area contributed by atoms with Crippen LogP contribution in [-0.4, -0.2) is 50.7 Å². The molecule has 1 unspecified atom stereocenters. The third kappa shape index (κ3) is 4.61. The second-order valence-corrected chi connectivity index (χ2v) is 5.76. The summed E-state index contributed by atoms with van der Waals surface area (Å²) in [6.07, 6.45) is 2.13. The Bertz CT molecular complexity index is 550. The van der Waals surface area contributed by atoms with Gasteiger partial charge in [-0.3, -0.25) is 4.79 Å². The van der Waals surface area contributed by atoms with Crippen LogP contribution in [0.2, 0.25) is 0 Å². The Morgan fingerprint density at radius 2 is 1.83 bits per heavy atom. The Kier molecular flexibility index (Phi) is 5.84. The summed E-state index contributed by atoms with van der Waals surface area (Å²) in [5.41, 5.74) is 0.293. The van der Waals surface area contributed by atoms with Crippen LogP contribution in [0.4, 0.5) is 0 Å². The molecule has 1 aliphatic rings. The fourth-order valence-corrected chi connectivity index (χ4v) is 2.64. The van der Waals surface area contributed by atoms with Crippen molar-refractivity contribution in [1.29, 1.82) is 0 Å². The second-order valence-electron chi connectivity index (χ2n) is 5.76. The van der Waals surface area contributed by atoms with Crippen molar-refractivity contribution in [2.24, 2.45) is 5.92 Å². The lowest BCUT2D eigenvalue weighted by Gasteiger charge is -2.30. The summed E-state index contributed by atoms with van der Waals surface area (Å²) in [5, 5.41) is 0. The number of benzene rings is 1. The molecular weight excluding hydrogens is 298 g/mol. The van der Waals surface area contributed by atoms with Crippen molar-refractivity contribution in [3.8, 4) is 11.5 Å². The summed E-state index contributed by atoms with van der Waals surface area (Å²) in [4.78, 5) is 26.0. The van der Waals surface area contributed by atoms with E-state index in [1.165, 1.54) is 14.2 Å². The minimum atomic E-state index is -0.569. The first-order chi connectivity index (χ1) is 11.0. The number of methoxy groups -OCH3 is 2. The molecule has 1 aromatic rings. The zero-order valence-corrected chi connectivity index (χ0v) is 13.8. The van der Waals surface area contributed by atoms with Crippen LogP contribution in [0.1, 0.15) is 30.1 Å². The molecule has 1 saturated heterocycles. The number of rotatable bonds is 5. The average Bonchev–Trinajstić information content (AvgIpc) is 2.58. The first-order valence-corrected chi connectivity index (χ1v) is 7.71. The fraction of sp³-hybridized carbons (Fsp3) is 0.529. The van der Waals surface area contributed by atoms with E-state index in [9.17, 15) is 9.59 Å². The van der Waals surface area contributed by atoms with Crippen molar-refractivity contribution < 1.29 is 23.8 Å². The van der Waals surface area contributed by atoms with E-state index in [-0.39, 0.29) is 12.5 Å². The molecule has 0 bridgehead atoms. The minimum Gasteiger partial charge on any atom is -0.497 e. The number of hydrogen-bond donors (Lipinski definition) is 0. The molecule has 1 atom stereocenters. The van der Waals surface area contributed by atoms with Gasteiger partial charge in [-0.25, -0.2) is 4.79 Å². The van der Waals surface area contributed by atoms with E-state index < -0.39 is 5.97 Å². The molecule has 6 heteroatoms. The number of carbonyl (C=O) groups excluding carboxylic acids is 2. The summed E-state index contributed by atoms with van der Waals surface area (Å²) in [5.74, 6) is 0.756. The van der Waals surface area contributed by atoms with Gasteiger partial charge in [0.15, 0.2) is 6.61 Å². The lowest BCUT2D eigenvalue weighted by Crippen LogP contribution is -2.41. The van der Waals surface area contributed by atoms with E-state index in [0.29, 0.717) is 23.0 Å². The van der Waals surface area contributed by atoms with Gasteiger partial charge in [0.25, 0.3) is 5.91 Å². The topological polar surface area (TPSA) is 65.1 Å². The Labute approximate surface area is 136 Å². The largest absolute Gasteiger partial charge is 0.497 e. The molecule has 0 spiro atoms. The molecule has 0 saturated carbocycles. The lowest BCUT2D eigenvalue weighted by atomic mass is 10.0. The van der Waals surface area contributed by atoms with Crippen LogP contribution in [-0.2, 0) is 9.53 Å². The predicted octanol–water partition coefficient (Wildman–Crippen LogP) is 2.12. The van der Waals surface area contributed by atoms with Crippen molar-refractivity contribution in [2.45, 2.75) is 19.8 Å². The Morgan fingerprint density at radius 3 is 2.39 bits per heavy atom. The molecule has 2 rings (SSSR count). The van der Waals surface area contributed by atoms with Gasteiger partial charge in [0, 0.05) is 19.2 Å². The van der Waals surface area contributed by atoms with Gasteiger partial charge in [-0.2, -0.15) is 0 Å². The quantitative estimate of drug-likeness (QED) is 0.777. The number of carbonyl (C=O) groups is 2. The standard InChI is InChI=1S/C17H23NO5/c1-12-5-4-6-18(10-12)16(19)11-23-17(20)13-7-14(21-2)9-15(8-13)22-3/h7-9,12H,4-6,10-11H2,1-3H3. The van der Waals surface area contributed by atoms with E-state index in [2.05, 4.69) is 6.92 Å². The van der Waals surface area contributed by atoms with Crippen LogP contribution < -0.4 is 9.47 Å². The number of piperidine rings is 1. The molecule has 126 valence electrons. The minimum absolute atomic E-state index is 0.153. The number of ether oxygens (including phenoxy) is 3. The zero-order chi connectivity index (χ0) is 16.8. The van der Waals surface area contributed by atoms with Gasteiger partial charge in [-0.05, 0) is 30.9 Å². The van der Waals surface area contributed by atoms with E-state index >= 15 is 0 Å². The first-order valence-electron chi connectivity index (χ1n) is 7.71. The summed E-state index contributed by atoms with van der Waals surface area (Å²) in [7, 11) is 3.01. The summed E-state index contributed by atoms with van der Waals surface area (Å²) < 4.78 is 15.4. The fourth-order valence-electron chi connectivity index (χ4n) is 2.64. The first kappa shape index (κ1) is 17.1. The van der Waals surface area contributed by atoms with E-state index in [4.69, 9.17) is 14.2 Å². The van der Waals surface area contributed by atoms with E-state index in [1.807, 2.05) is 0 Å². The van der Waals surface area contributed by atoms with Gasteiger partial charge >= 0.3 is 5.97 Å². The molecule has 0 aromatic heterocycles. The van der Waals surface area contributed by atoms with Crippen LogP contribution in [0.15, 0.2) is 18.2 Å². The Balaban J connectivity index is 1.95. The van der Waals surface area contributed by atoms with Crippen molar-refractivity contribution in [3.63, 3.8) is 0 Å². The molecule has 1 fully saturated rings. The zero-order valence-electron chi connectivity index (χ0n) is 13.8. The maximum absolute atomic E-state index is 12.1. The van der Waals surface area contributed by atoms with Crippen LogP contribution in [0.25, 0.3) is 0 Å². The van der Waals surface area contributed by atoms with Crippen molar-refractivity contribution in [2.75, 3.05) is 33.9 Å². The van der Waals surface area contributed by atoms with E-state index in [0.717, 1.165) is 25.9 Å². The highest BCUT2D eigenvalue weighted by atomic mass is 16.5. The number of esters is 1. The third-order valence-electron chi connectivity index (χ3n) is 3.92. The highest BCUT2D eigenvalue weighted by Crippen LogP contribution is 2.23.